The molecule has 0 saturated carbocycles. The van der Waals surface area contributed by atoms with Crippen molar-refractivity contribution in [1.29, 1.82) is 0 Å². The molecule has 0 unspecified atom stereocenters. The molecule has 0 radical (unpaired) electrons. The summed E-state index contributed by atoms with van der Waals surface area (Å²) in [5.41, 5.74) is 0.866. The Morgan fingerprint density at radius 1 is 0.966 bits per heavy atom. The molecule has 2 aromatic carbocycles. The van der Waals surface area contributed by atoms with Gasteiger partial charge in [-0.1, -0.05) is 18.2 Å². The van der Waals surface area contributed by atoms with E-state index in [9.17, 15) is 14.4 Å². The highest BCUT2D eigenvalue weighted by Crippen LogP contribution is 2.18. The summed E-state index contributed by atoms with van der Waals surface area (Å²) in [6, 6.07) is 16.2. The molecule has 2 N–H and O–H groups in total. The molecular formula is C21H18N2O6. The fourth-order valence-corrected chi connectivity index (χ4v) is 2.47. The normalized spacial score (nSPS) is 10.1. The third-order valence-electron chi connectivity index (χ3n) is 3.83. The zero-order valence-electron chi connectivity index (χ0n) is 15.5. The van der Waals surface area contributed by atoms with E-state index in [4.69, 9.17) is 13.9 Å². The van der Waals surface area contributed by atoms with Gasteiger partial charge in [-0.15, -0.1) is 0 Å². The Balaban J connectivity index is 1.60. The first-order chi connectivity index (χ1) is 14.1. The Morgan fingerprint density at radius 3 is 2.55 bits per heavy atom. The molecule has 8 heteroatoms. The van der Waals surface area contributed by atoms with Gasteiger partial charge in [-0.05, 0) is 36.4 Å². The fourth-order valence-electron chi connectivity index (χ4n) is 2.47. The van der Waals surface area contributed by atoms with Crippen molar-refractivity contribution in [2.75, 3.05) is 24.4 Å². The van der Waals surface area contributed by atoms with E-state index in [2.05, 4.69) is 10.6 Å². The van der Waals surface area contributed by atoms with Crippen LogP contribution in [0, 0.1) is 0 Å². The number of esters is 1. The summed E-state index contributed by atoms with van der Waals surface area (Å²) in [5.74, 6) is -1.08. The van der Waals surface area contributed by atoms with Gasteiger partial charge in [0.15, 0.2) is 12.4 Å². The van der Waals surface area contributed by atoms with Crippen molar-refractivity contribution in [1.82, 2.24) is 0 Å². The van der Waals surface area contributed by atoms with Crippen molar-refractivity contribution in [3.8, 4) is 5.75 Å². The smallest absolute Gasteiger partial charge is 0.340 e. The van der Waals surface area contributed by atoms with Crippen LogP contribution in [0.4, 0.5) is 11.4 Å². The lowest BCUT2D eigenvalue weighted by molar-refractivity contribution is -0.119. The number of benzene rings is 2. The number of nitrogens with one attached hydrogen (secondary N) is 2. The molecule has 0 aliphatic heterocycles. The van der Waals surface area contributed by atoms with Crippen LogP contribution in [0.25, 0.3) is 0 Å². The van der Waals surface area contributed by atoms with E-state index in [1.807, 2.05) is 0 Å². The number of methoxy groups -OCH3 is 1. The van der Waals surface area contributed by atoms with Crippen LogP contribution in [0.5, 0.6) is 5.75 Å². The molecule has 2 amide bonds. The monoisotopic (exact) mass is 394 g/mol. The number of anilines is 2. The molecule has 1 aromatic heterocycles. The van der Waals surface area contributed by atoms with Gasteiger partial charge in [-0.2, -0.15) is 0 Å². The lowest BCUT2D eigenvalue weighted by atomic mass is 10.1. The minimum Gasteiger partial charge on any atom is -0.497 e. The van der Waals surface area contributed by atoms with E-state index < -0.39 is 24.4 Å². The molecular weight excluding hydrogens is 376 g/mol. The van der Waals surface area contributed by atoms with Gasteiger partial charge >= 0.3 is 5.97 Å². The number of rotatable bonds is 7. The molecule has 8 nitrogen and oxygen atoms in total. The predicted molar refractivity (Wildman–Crippen MR) is 105 cm³/mol. The van der Waals surface area contributed by atoms with E-state index in [0.29, 0.717) is 11.4 Å². The molecule has 3 rings (SSSR count). The van der Waals surface area contributed by atoms with Gasteiger partial charge in [0.2, 0.25) is 0 Å². The van der Waals surface area contributed by atoms with Crippen molar-refractivity contribution in [2.24, 2.45) is 0 Å². The van der Waals surface area contributed by atoms with Gasteiger partial charge in [0.1, 0.15) is 5.75 Å². The van der Waals surface area contributed by atoms with Crippen LogP contribution in [0.2, 0.25) is 0 Å². The highest BCUT2D eigenvalue weighted by Gasteiger charge is 2.17. The molecule has 0 aliphatic carbocycles. The summed E-state index contributed by atoms with van der Waals surface area (Å²) in [6.45, 7) is -0.490. The molecule has 148 valence electrons. The second kappa shape index (κ2) is 9.23. The third kappa shape index (κ3) is 5.23. The Bertz CT molecular complexity index is 1010. The number of furan rings is 1. The van der Waals surface area contributed by atoms with Crippen LogP contribution < -0.4 is 15.4 Å². The second-order valence-electron chi connectivity index (χ2n) is 5.83. The van der Waals surface area contributed by atoms with Crippen LogP contribution in [0.1, 0.15) is 20.9 Å². The summed E-state index contributed by atoms with van der Waals surface area (Å²) in [5, 5.41) is 5.20. The highest BCUT2D eigenvalue weighted by molar-refractivity contribution is 6.07. The third-order valence-corrected chi connectivity index (χ3v) is 3.83. The molecule has 0 saturated heterocycles. The van der Waals surface area contributed by atoms with Crippen molar-refractivity contribution < 1.29 is 28.3 Å². The summed E-state index contributed by atoms with van der Waals surface area (Å²) in [4.78, 5) is 36.6. The van der Waals surface area contributed by atoms with Crippen LogP contribution in [-0.4, -0.2) is 31.5 Å². The van der Waals surface area contributed by atoms with Crippen molar-refractivity contribution in [3.63, 3.8) is 0 Å². The first-order valence-corrected chi connectivity index (χ1v) is 8.61. The number of hydrogen-bond acceptors (Lipinski definition) is 6. The number of carbonyl (C=O) groups excluding carboxylic acids is 3. The van der Waals surface area contributed by atoms with Crippen LogP contribution in [0.3, 0.4) is 0 Å². The van der Waals surface area contributed by atoms with Gasteiger partial charge in [0.25, 0.3) is 11.8 Å². The van der Waals surface area contributed by atoms with Gasteiger partial charge in [0.05, 0.1) is 24.6 Å². The Kier molecular flexibility index (Phi) is 6.26. The molecule has 0 aliphatic rings. The number of hydrogen-bond donors (Lipinski definition) is 2. The molecule has 0 spiro atoms. The van der Waals surface area contributed by atoms with E-state index >= 15 is 0 Å². The first-order valence-electron chi connectivity index (χ1n) is 8.61. The summed E-state index contributed by atoms with van der Waals surface area (Å²) >= 11 is 0. The quantitative estimate of drug-likeness (QED) is 0.595. The molecule has 3 aromatic rings. The van der Waals surface area contributed by atoms with E-state index in [0.717, 1.165) is 0 Å². The summed E-state index contributed by atoms with van der Waals surface area (Å²) < 4.78 is 15.2. The summed E-state index contributed by atoms with van der Waals surface area (Å²) in [6.07, 6.45) is 1.37. The predicted octanol–water partition coefficient (Wildman–Crippen LogP) is 3.34. The van der Waals surface area contributed by atoms with Gasteiger partial charge in [0, 0.05) is 11.8 Å². The lowest BCUT2D eigenvalue weighted by Crippen LogP contribution is -2.22. The molecule has 0 fully saturated rings. The zero-order valence-corrected chi connectivity index (χ0v) is 15.5. The number of ether oxygens (including phenoxy) is 2. The fraction of sp³-hybridized carbons (Fsp3) is 0.0952. The van der Waals surface area contributed by atoms with Crippen molar-refractivity contribution in [2.45, 2.75) is 0 Å². The number of para-hydroxylation sites is 1. The maximum Gasteiger partial charge on any atom is 0.340 e. The van der Waals surface area contributed by atoms with E-state index in [-0.39, 0.29) is 17.0 Å². The SMILES string of the molecule is COc1cccc(NC(=O)COC(=O)c2ccccc2NC(=O)c2ccco2)c1. The highest BCUT2D eigenvalue weighted by atomic mass is 16.5. The van der Waals surface area contributed by atoms with E-state index in [1.54, 1.807) is 48.5 Å². The maximum absolute atomic E-state index is 12.4. The average molecular weight is 394 g/mol. The minimum absolute atomic E-state index is 0.103. The Hall–Kier alpha value is -4.07. The maximum atomic E-state index is 12.4. The van der Waals surface area contributed by atoms with Crippen molar-refractivity contribution >= 4 is 29.2 Å². The van der Waals surface area contributed by atoms with Crippen LogP contribution in [-0.2, 0) is 9.53 Å². The minimum atomic E-state index is -0.749. The molecule has 29 heavy (non-hydrogen) atoms. The molecule has 0 bridgehead atoms. The second-order valence-corrected chi connectivity index (χ2v) is 5.83. The number of amides is 2. The van der Waals surface area contributed by atoms with Crippen LogP contribution in [0.15, 0.2) is 71.3 Å². The number of carbonyl (C=O) groups is 3. The van der Waals surface area contributed by atoms with Gasteiger partial charge in [-0.3, -0.25) is 9.59 Å². The Morgan fingerprint density at radius 2 is 1.79 bits per heavy atom. The Labute approximate surface area is 166 Å². The van der Waals surface area contributed by atoms with E-state index in [1.165, 1.54) is 25.5 Å². The molecule has 0 atom stereocenters. The van der Waals surface area contributed by atoms with Crippen molar-refractivity contribution in [3.05, 3.63) is 78.3 Å². The summed E-state index contributed by atoms with van der Waals surface area (Å²) in [7, 11) is 1.52. The largest absolute Gasteiger partial charge is 0.497 e. The van der Waals surface area contributed by atoms with Crippen LogP contribution >= 0.6 is 0 Å². The average Bonchev–Trinajstić information content (AvgIpc) is 3.27. The van der Waals surface area contributed by atoms with Gasteiger partial charge in [-0.25, -0.2) is 4.79 Å². The topological polar surface area (TPSA) is 107 Å². The zero-order chi connectivity index (χ0) is 20.6. The first kappa shape index (κ1) is 19.7. The van der Waals surface area contributed by atoms with Gasteiger partial charge < -0.3 is 24.5 Å². The molecule has 1 heterocycles. The standard InChI is InChI=1S/C21H18N2O6/c1-27-15-7-4-6-14(12-15)22-19(24)13-29-21(26)16-8-2-3-9-17(16)23-20(25)18-10-5-11-28-18/h2-12H,13H2,1H3,(H,22,24)(H,23,25). The lowest BCUT2D eigenvalue weighted by Gasteiger charge is -2.11.